The van der Waals surface area contributed by atoms with E-state index in [0.29, 0.717) is 15.3 Å². The van der Waals surface area contributed by atoms with Gasteiger partial charge in [0.2, 0.25) is 5.13 Å². The Kier molecular flexibility index (Phi) is 2.82. The fraction of sp³-hybridized carbons (Fsp3) is 0.231. The molecule has 104 valence electrons. The summed E-state index contributed by atoms with van der Waals surface area (Å²) in [7, 11) is 0. The topological polar surface area (TPSA) is 30.7 Å². The Hall–Kier alpha value is -1.89. The monoisotopic (exact) mass is 297 g/mol. The summed E-state index contributed by atoms with van der Waals surface area (Å²) in [6.07, 6.45) is -4.35. The molecule has 0 radical (unpaired) electrons. The van der Waals surface area contributed by atoms with E-state index in [1.165, 1.54) is 17.4 Å². The summed E-state index contributed by atoms with van der Waals surface area (Å²) in [4.78, 5) is 4.25. The van der Waals surface area contributed by atoms with Gasteiger partial charge < -0.3 is 0 Å². The number of aryl methyl sites for hydroxylation is 2. The van der Waals surface area contributed by atoms with Crippen molar-refractivity contribution in [1.29, 1.82) is 0 Å². The van der Waals surface area contributed by atoms with E-state index in [2.05, 4.69) is 10.1 Å². The molecule has 0 atom stereocenters. The maximum atomic E-state index is 12.7. The molecule has 0 saturated heterocycles. The number of hydrogen-bond acceptors (Lipinski definition) is 3. The van der Waals surface area contributed by atoms with Gasteiger partial charge in [-0.2, -0.15) is 18.3 Å². The highest BCUT2D eigenvalue weighted by atomic mass is 32.1. The largest absolute Gasteiger partial charge is 0.416 e. The summed E-state index contributed by atoms with van der Waals surface area (Å²) >= 11 is 1.32. The van der Waals surface area contributed by atoms with E-state index >= 15 is 0 Å². The molecule has 0 N–H and O–H groups in total. The van der Waals surface area contributed by atoms with Crippen LogP contribution in [-0.4, -0.2) is 14.8 Å². The molecule has 2 aromatic heterocycles. The first-order valence-electron chi connectivity index (χ1n) is 5.86. The number of alkyl halides is 3. The van der Waals surface area contributed by atoms with E-state index in [-0.39, 0.29) is 0 Å². The molecule has 1 aromatic carbocycles. The summed E-state index contributed by atoms with van der Waals surface area (Å²) in [6.45, 7) is 3.74. The molecule has 3 rings (SSSR count). The van der Waals surface area contributed by atoms with E-state index in [1.54, 1.807) is 4.68 Å². The third-order valence-corrected chi connectivity index (χ3v) is 3.91. The highest BCUT2D eigenvalue weighted by molar-refractivity contribution is 7.20. The van der Waals surface area contributed by atoms with Crippen LogP contribution < -0.4 is 0 Å². The van der Waals surface area contributed by atoms with Gasteiger partial charge in [-0.1, -0.05) is 11.3 Å². The zero-order valence-electron chi connectivity index (χ0n) is 10.7. The van der Waals surface area contributed by atoms with Crippen molar-refractivity contribution in [3.05, 3.63) is 41.2 Å². The summed E-state index contributed by atoms with van der Waals surface area (Å²) in [6, 6.07) is 5.49. The quantitative estimate of drug-likeness (QED) is 0.676. The number of nitrogens with zero attached hydrogens (tertiary/aromatic N) is 3. The lowest BCUT2D eigenvalue weighted by Gasteiger charge is -2.04. The fourth-order valence-corrected chi connectivity index (χ4v) is 2.96. The lowest BCUT2D eigenvalue weighted by atomic mass is 10.2. The Morgan fingerprint density at radius 3 is 2.50 bits per heavy atom. The Bertz CT molecular complexity index is 786. The van der Waals surface area contributed by atoms with Crippen LogP contribution in [0.15, 0.2) is 24.3 Å². The minimum absolute atomic E-state index is 0.340. The predicted octanol–water partition coefficient (Wildman–Crippen LogP) is 4.12. The lowest BCUT2D eigenvalue weighted by Crippen LogP contribution is -2.04. The second kappa shape index (κ2) is 4.31. The van der Waals surface area contributed by atoms with Gasteiger partial charge in [0.05, 0.1) is 21.5 Å². The molecule has 0 bridgehead atoms. The zero-order chi connectivity index (χ0) is 14.5. The predicted molar refractivity (Wildman–Crippen MR) is 71.2 cm³/mol. The van der Waals surface area contributed by atoms with Crippen molar-refractivity contribution in [2.24, 2.45) is 0 Å². The third-order valence-electron chi connectivity index (χ3n) is 2.89. The average molecular weight is 297 g/mol. The number of rotatable bonds is 1. The summed E-state index contributed by atoms with van der Waals surface area (Å²) < 4.78 is 40.4. The van der Waals surface area contributed by atoms with Crippen molar-refractivity contribution in [3.63, 3.8) is 0 Å². The first kappa shape index (κ1) is 13.1. The number of aromatic nitrogens is 3. The number of halogens is 3. The van der Waals surface area contributed by atoms with E-state index in [1.807, 2.05) is 19.9 Å². The fourth-order valence-electron chi connectivity index (χ4n) is 2.00. The normalized spacial score (nSPS) is 12.2. The maximum absolute atomic E-state index is 12.7. The molecule has 0 amide bonds. The molecule has 0 saturated carbocycles. The third kappa shape index (κ3) is 2.18. The van der Waals surface area contributed by atoms with Gasteiger partial charge in [-0.05, 0) is 38.1 Å². The van der Waals surface area contributed by atoms with Gasteiger partial charge >= 0.3 is 6.18 Å². The summed E-state index contributed by atoms with van der Waals surface area (Å²) in [5.41, 5.74) is 1.40. The van der Waals surface area contributed by atoms with Crippen molar-refractivity contribution in [1.82, 2.24) is 14.8 Å². The van der Waals surface area contributed by atoms with Gasteiger partial charge in [-0.25, -0.2) is 9.67 Å². The van der Waals surface area contributed by atoms with Gasteiger partial charge in [0.25, 0.3) is 0 Å². The molecule has 0 spiro atoms. The van der Waals surface area contributed by atoms with Gasteiger partial charge in [0.1, 0.15) is 0 Å². The highest BCUT2D eigenvalue weighted by Crippen LogP contribution is 2.33. The van der Waals surface area contributed by atoms with Crippen LogP contribution in [0.5, 0.6) is 0 Å². The molecule has 0 fully saturated rings. The summed E-state index contributed by atoms with van der Waals surface area (Å²) in [5.74, 6) is 0. The Morgan fingerprint density at radius 2 is 1.90 bits per heavy atom. The molecule has 0 aliphatic carbocycles. The Balaban J connectivity index is 2.14. The van der Waals surface area contributed by atoms with Crippen molar-refractivity contribution in [2.45, 2.75) is 20.0 Å². The molecule has 2 heterocycles. The van der Waals surface area contributed by atoms with Crippen LogP contribution >= 0.6 is 11.3 Å². The van der Waals surface area contributed by atoms with Crippen LogP contribution in [0.1, 0.15) is 17.0 Å². The van der Waals surface area contributed by atoms with Gasteiger partial charge in [-0.3, -0.25) is 0 Å². The number of fused-ring (bicyclic) bond motifs is 1. The van der Waals surface area contributed by atoms with Crippen LogP contribution in [0, 0.1) is 13.8 Å². The van der Waals surface area contributed by atoms with Crippen LogP contribution in [0.2, 0.25) is 0 Å². The molecule has 3 nitrogen and oxygen atoms in total. The van der Waals surface area contributed by atoms with Crippen molar-refractivity contribution in [2.75, 3.05) is 0 Å². The average Bonchev–Trinajstić information content (AvgIpc) is 2.89. The Labute approximate surface area is 116 Å². The molecule has 3 aromatic rings. The van der Waals surface area contributed by atoms with E-state index in [0.717, 1.165) is 23.5 Å². The lowest BCUT2D eigenvalue weighted by molar-refractivity contribution is -0.137. The first-order valence-corrected chi connectivity index (χ1v) is 6.68. The SMILES string of the molecule is Cc1cc(C)n(-c2nc3cc(C(F)(F)F)ccc3s2)n1. The van der Waals surface area contributed by atoms with Gasteiger partial charge in [0.15, 0.2) is 0 Å². The maximum Gasteiger partial charge on any atom is 0.416 e. The van der Waals surface area contributed by atoms with Gasteiger partial charge in [-0.15, -0.1) is 0 Å². The minimum atomic E-state index is -4.35. The van der Waals surface area contributed by atoms with E-state index < -0.39 is 11.7 Å². The number of benzene rings is 1. The number of hydrogen-bond donors (Lipinski definition) is 0. The van der Waals surface area contributed by atoms with Crippen molar-refractivity contribution in [3.8, 4) is 5.13 Å². The first-order chi connectivity index (χ1) is 9.34. The molecular weight excluding hydrogens is 287 g/mol. The molecule has 0 aliphatic heterocycles. The molecule has 0 aliphatic rings. The standard InChI is InChI=1S/C13H10F3N3S/c1-7-5-8(2)19(18-7)12-17-10-6-9(13(14,15)16)3-4-11(10)20-12/h3-6H,1-2H3. The van der Waals surface area contributed by atoms with Gasteiger partial charge in [0, 0.05) is 5.69 Å². The van der Waals surface area contributed by atoms with E-state index in [4.69, 9.17) is 0 Å². The second-order valence-electron chi connectivity index (χ2n) is 4.52. The minimum Gasteiger partial charge on any atom is -0.218 e. The highest BCUT2D eigenvalue weighted by Gasteiger charge is 2.30. The second-order valence-corrected chi connectivity index (χ2v) is 5.52. The van der Waals surface area contributed by atoms with Crippen LogP contribution in [0.25, 0.3) is 15.3 Å². The summed E-state index contributed by atoms with van der Waals surface area (Å²) in [5, 5.41) is 4.86. The molecule has 20 heavy (non-hydrogen) atoms. The number of thiazole rings is 1. The molecule has 0 unspecified atom stereocenters. The van der Waals surface area contributed by atoms with E-state index in [9.17, 15) is 13.2 Å². The molecule has 7 heteroatoms. The smallest absolute Gasteiger partial charge is 0.218 e. The zero-order valence-corrected chi connectivity index (χ0v) is 11.5. The van der Waals surface area contributed by atoms with Crippen molar-refractivity contribution < 1.29 is 13.2 Å². The van der Waals surface area contributed by atoms with Crippen LogP contribution in [-0.2, 0) is 6.18 Å². The van der Waals surface area contributed by atoms with Crippen LogP contribution in [0.3, 0.4) is 0 Å². The molecular formula is C13H10F3N3S. The Morgan fingerprint density at radius 1 is 1.15 bits per heavy atom. The van der Waals surface area contributed by atoms with Crippen LogP contribution in [0.4, 0.5) is 13.2 Å². The van der Waals surface area contributed by atoms with Crippen molar-refractivity contribution >= 4 is 21.6 Å².